The van der Waals surface area contributed by atoms with Crippen LogP contribution in [-0.4, -0.2) is 32.4 Å². The Bertz CT molecular complexity index is 518. The predicted octanol–water partition coefficient (Wildman–Crippen LogP) is 2.21. The maximum absolute atomic E-state index is 4.34. The van der Waals surface area contributed by atoms with Gasteiger partial charge >= 0.3 is 0 Å². The summed E-state index contributed by atoms with van der Waals surface area (Å²) in [5.74, 6) is 0.892. The van der Waals surface area contributed by atoms with E-state index in [0.717, 1.165) is 34.8 Å². The van der Waals surface area contributed by atoms with Gasteiger partial charge in [0.25, 0.3) is 0 Å². The third kappa shape index (κ3) is 2.10. The van der Waals surface area contributed by atoms with Crippen LogP contribution in [0.2, 0.25) is 0 Å². The van der Waals surface area contributed by atoms with E-state index in [4.69, 9.17) is 0 Å². The molecule has 0 spiro atoms. The molecule has 5 nitrogen and oxygen atoms in total. The predicted molar refractivity (Wildman–Crippen MR) is 69.0 cm³/mol. The lowest BCUT2D eigenvalue weighted by molar-refractivity contribution is 0.272. The molecule has 17 heavy (non-hydrogen) atoms. The van der Waals surface area contributed by atoms with Crippen LogP contribution in [-0.2, 0) is 0 Å². The standard InChI is InChI=1S/C11H15N5S/c1-8-9-10(12-7-13-11(9)17-15-8)14-16-5-3-2-4-6-16/h7H,2-6H2,1H3,(H,12,13,14). The lowest BCUT2D eigenvalue weighted by atomic mass is 10.2. The summed E-state index contributed by atoms with van der Waals surface area (Å²) >= 11 is 1.43. The molecule has 1 N–H and O–H groups in total. The maximum atomic E-state index is 4.34. The summed E-state index contributed by atoms with van der Waals surface area (Å²) in [7, 11) is 0. The fraction of sp³-hybridized carbons (Fsp3) is 0.545. The Morgan fingerprint density at radius 1 is 1.24 bits per heavy atom. The molecule has 0 bridgehead atoms. The molecule has 2 aromatic rings. The fourth-order valence-electron chi connectivity index (χ4n) is 2.16. The minimum Gasteiger partial charge on any atom is -0.302 e. The topological polar surface area (TPSA) is 53.9 Å². The normalized spacial score (nSPS) is 17.5. The number of hydrogen-bond donors (Lipinski definition) is 1. The Kier molecular flexibility index (Phi) is 2.90. The van der Waals surface area contributed by atoms with Crippen molar-refractivity contribution in [2.45, 2.75) is 26.2 Å². The van der Waals surface area contributed by atoms with Crippen molar-refractivity contribution in [3.8, 4) is 0 Å². The second kappa shape index (κ2) is 4.54. The third-order valence-corrected chi connectivity index (χ3v) is 3.91. The van der Waals surface area contributed by atoms with Gasteiger partial charge in [0.2, 0.25) is 0 Å². The number of fused-ring (bicyclic) bond motifs is 1. The lowest BCUT2D eigenvalue weighted by Gasteiger charge is -2.27. The van der Waals surface area contributed by atoms with Crippen LogP contribution in [0, 0.1) is 6.92 Å². The fourth-order valence-corrected chi connectivity index (χ4v) is 2.91. The average molecular weight is 249 g/mol. The van der Waals surface area contributed by atoms with Crippen LogP contribution in [0.5, 0.6) is 0 Å². The van der Waals surface area contributed by atoms with E-state index < -0.39 is 0 Å². The van der Waals surface area contributed by atoms with E-state index >= 15 is 0 Å². The Hall–Kier alpha value is -1.27. The van der Waals surface area contributed by atoms with Gasteiger partial charge in [0.15, 0.2) is 5.82 Å². The van der Waals surface area contributed by atoms with Gasteiger partial charge < -0.3 is 5.43 Å². The molecule has 3 heterocycles. The molecule has 1 aliphatic rings. The van der Waals surface area contributed by atoms with Gasteiger partial charge in [-0.15, -0.1) is 0 Å². The number of anilines is 1. The van der Waals surface area contributed by atoms with E-state index in [1.54, 1.807) is 6.33 Å². The van der Waals surface area contributed by atoms with Crippen LogP contribution >= 0.6 is 11.5 Å². The Labute approximate surface area is 104 Å². The zero-order valence-electron chi connectivity index (χ0n) is 9.81. The summed E-state index contributed by atoms with van der Waals surface area (Å²) < 4.78 is 4.33. The van der Waals surface area contributed by atoms with Crippen LogP contribution in [0.3, 0.4) is 0 Å². The van der Waals surface area contributed by atoms with Crippen LogP contribution < -0.4 is 5.43 Å². The van der Waals surface area contributed by atoms with E-state index in [-0.39, 0.29) is 0 Å². The Morgan fingerprint density at radius 3 is 2.88 bits per heavy atom. The van der Waals surface area contributed by atoms with Gasteiger partial charge in [0.05, 0.1) is 11.1 Å². The highest BCUT2D eigenvalue weighted by Crippen LogP contribution is 2.26. The highest BCUT2D eigenvalue weighted by molar-refractivity contribution is 7.13. The van der Waals surface area contributed by atoms with Gasteiger partial charge in [-0.25, -0.2) is 15.0 Å². The van der Waals surface area contributed by atoms with Crippen molar-refractivity contribution in [1.29, 1.82) is 0 Å². The van der Waals surface area contributed by atoms with Crippen molar-refractivity contribution in [3.63, 3.8) is 0 Å². The second-order valence-electron chi connectivity index (χ2n) is 4.33. The number of nitrogens with zero attached hydrogens (tertiary/aromatic N) is 4. The summed E-state index contributed by atoms with van der Waals surface area (Å²) in [6.45, 7) is 4.17. The van der Waals surface area contributed by atoms with E-state index in [1.807, 2.05) is 6.92 Å². The molecule has 3 rings (SSSR count). The number of aromatic nitrogens is 3. The van der Waals surface area contributed by atoms with Crippen LogP contribution in [0.4, 0.5) is 5.82 Å². The number of nitrogens with one attached hydrogen (secondary N) is 1. The SMILES string of the molecule is Cc1nsc2ncnc(NN3CCCCC3)c12. The van der Waals surface area contributed by atoms with Crippen molar-refractivity contribution < 1.29 is 0 Å². The smallest absolute Gasteiger partial charge is 0.154 e. The monoisotopic (exact) mass is 249 g/mol. The molecule has 0 aromatic carbocycles. The molecule has 6 heteroatoms. The van der Waals surface area contributed by atoms with Crippen LogP contribution in [0.25, 0.3) is 10.2 Å². The Morgan fingerprint density at radius 2 is 2.06 bits per heavy atom. The molecule has 0 aliphatic carbocycles. The first-order valence-electron chi connectivity index (χ1n) is 5.93. The second-order valence-corrected chi connectivity index (χ2v) is 5.08. The summed E-state index contributed by atoms with van der Waals surface area (Å²) in [5, 5.41) is 3.30. The molecule has 0 radical (unpaired) electrons. The van der Waals surface area contributed by atoms with E-state index in [9.17, 15) is 0 Å². The van der Waals surface area contributed by atoms with Gasteiger partial charge in [-0.3, -0.25) is 0 Å². The summed E-state index contributed by atoms with van der Waals surface area (Å²) in [4.78, 5) is 9.53. The first-order chi connectivity index (χ1) is 8.34. The first-order valence-corrected chi connectivity index (χ1v) is 6.70. The zero-order valence-corrected chi connectivity index (χ0v) is 10.6. The third-order valence-electron chi connectivity index (χ3n) is 3.06. The molecule has 2 aromatic heterocycles. The Balaban J connectivity index is 1.91. The average Bonchev–Trinajstić information content (AvgIpc) is 2.74. The number of piperidine rings is 1. The van der Waals surface area contributed by atoms with Crippen molar-refractivity contribution in [1.82, 2.24) is 19.4 Å². The van der Waals surface area contributed by atoms with Gasteiger partial charge in [-0.05, 0) is 31.3 Å². The molecule has 0 amide bonds. The van der Waals surface area contributed by atoms with E-state index in [1.165, 1.54) is 30.8 Å². The number of hydrazine groups is 1. The van der Waals surface area contributed by atoms with E-state index in [0.29, 0.717) is 0 Å². The number of aryl methyl sites for hydroxylation is 1. The summed E-state index contributed by atoms with van der Waals surface area (Å²) in [6, 6.07) is 0. The molecule has 1 fully saturated rings. The van der Waals surface area contributed by atoms with Crippen LogP contribution in [0.15, 0.2) is 6.33 Å². The van der Waals surface area contributed by atoms with Crippen molar-refractivity contribution in [3.05, 3.63) is 12.0 Å². The molecule has 0 saturated carbocycles. The lowest BCUT2D eigenvalue weighted by Crippen LogP contribution is -2.35. The van der Waals surface area contributed by atoms with Crippen molar-refractivity contribution >= 4 is 27.6 Å². The van der Waals surface area contributed by atoms with Gasteiger partial charge in [0.1, 0.15) is 11.2 Å². The van der Waals surface area contributed by atoms with Gasteiger partial charge in [0, 0.05) is 13.1 Å². The molecule has 1 aliphatic heterocycles. The molecule has 1 saturated heterocycles. The largest absolute Gasteiger partial charge is 0.302 e. The van der Waals surface area contributed by atoms with Crippen molar-refractivity contribution in [2.24, 2.45) is 0 Å². The molecular formula is C11H15N5S. The summed E-state index contributed by atoms with van der Waals surface area (Å²) in [6.07, 6.45) is 5.44. The quantitative estimate of drug-likeness (QED) is 0.884. The highest BCUT2D eigenvalue weighted by Gasteiger charge is 2.14. The zero-order chi connectivity index (χ0) is 11.7. The first kappa shape index (κ1) is 10.9. The maximum Gasteiger partial charge on any atom is 0.154 e. The highest BCUT2D eigenvalue weighted by atomic mass is 32.1. The summed E-state index contributed by atoms with van der Waals surface area (Å²) in [5.41, 5.74) is 4.40. The minimum absolute atomic E-state index is 0.892. The molecular weight excluding hydrogens is 234 g/mol. The molecule has 0 unspecified atom stereocenters. The molecule has 90 valence electrons. The van der Waals surface area contributed by atoms with Crippen molar-refractivity contribution in [2.75, 3.05) is 18.5 Å². The number of hydrogen-bond acceptors (Lipinski definition) is 6. The number of rotatable bonds is 2. The van der Waals surface area contributed by atoms with Crippen LogP contribution in [0.1, 0.15) is 25.0 Å². The van der Waals surface area contributed by atoms with Gasteiger partial charge in [-0.2, -0.15) is 4.37 Å². The molecule has 0 atom stereocenters. The van der Waals surface area contributed by atoms with E-state index in [2.05, 4.69) is 24.8 Å². The van der Waals surface area contributed by atoms with Gasteiger partial charge in [-0.1, -0.05) is 6.42 Å². The minimum atomic E-state index is 0.892.